The van der Waals surface area contributed by atoms with Gasteiger partial charge in [-0.25, -0.2) is 8.42 Å². The van der Waals surface area contributed by atoms with E-state index in [0.717, 1.165) is 0 Å². The van der Waals surface area contributed by atoms with Gasteiger partial charge >= 0.3 is 59.1 Å². The molecular formula is C16H20N2Na2O7S. The minimum Gasteiger partial charge on any atom is -0.748 e. The second-order valence-corrected chi connectivity index (χ2v) is 8.50. The summed E-state index contributed by atoms with van der Waals surface area (Å²) in [5.74, 6) is -2.86. The maximum Gasteiger partial charge on any atom is 1.00 e. The Bertz CT molecular complexity index is 831. The molecule has 1 aromatic carbocycles. The molecule has 0 saturated heterocycles. The minimum atomic E-state index is -4.52. The number of phenols is 1. The van der Waals surface area contributed by atoms with Crippen molar-refractivity contribution in [2.24, 2.45) is 5.18 Å². The van der Waals surface area contributed by atoms with E-state index in [1.54, 1.807) is 0 Å². The molecule has 1 aromatic rings. The Morgan fingerprint density at radius 1 is 1.36 bits per heavy atom. The molecule has 28 heavy (non-hydrogen) atoms. The van der Waals surface area contributed by atoms with Crippen LogP contribution in [0.1, 0.15) is 44.6 Å². The first kappa shape index (κ1) is 27.8. The molecule has 0 aliphatic carbocycles. The third kappa shape index (κ3) is 6.94. The summed E-state index contributed by atoms with van der Waals surface area (Å²) in [5, 5.41) is 23.4. The van der Waals surface area contributed by atoms with E-state index in [9.17, 15) is 32.9 Å². The summed E-state index contributed by atoms with van der Waals surface area (Å²) in [7, 11) is -4.52. The SMILES string of the molecule is CC1(C)CC(CS(=O)(=O)[O-])c2cc(N=O)c(O)cc2N1CCCC(=O)[O-].[Na+].[Na+]. The van der Waals surface area contributed by atoms with E-state index < -0.39 is 33.3 Å². The number of carbonyl (C=O) groups excluding carboxylic acids is 1. The maximum absolute atomic E-state index is 11.3. The fraction of sp³-hybridized carbons (Fsp3) is 0.562. The summed E-state index contributed by atoms with van der Waals surface area (Å²) >= 11 is 0. The van der Waals surface area contributed by atoms with Crippen molar-refractivity contribution in [3.05, 3.63) is 22.6 Å². The molecule has 0 spiro atoms. The summed E-state index contributed by atoms with van der Waals surface area (Å²) in [6, 6.07) is 2.59. The molecule has 1 aliphatic heterocycles. The molecule has 2 rings (SSSR count). The van der Waals surface area contributed by atoms with E-state index in [0.29, 0.717) is 24.2 Å². The Morgan fingerprint density at radius 3 is 2.46 bits per heavy atom. The molecular weight excluding hydrogens is 410 g/mol. The number of rotatable bonds is 7. The normalized spacial score (nSPS) is 17.7. The van der Waals surface area contributed by atoms with E-state index in [2.05, 4.69) is 5.18 Å². The zero-order valence-corrected chi connectivity index (χ0v) is 21.3. The van der Waals surface area contributed by atoms with Crippen LogP contribution in [-0.2, 0) is 14.9 Å². The summed E-state index contributed by atoms with van der Waals surface area (Å²) < 4.78 is 33.9. The number of fused-ring (bicyclic) bond motifs is 1. The number of carbonyl (C=O) groups is 1. The Hall–Kier alpha value is -0.200. The van der Waals surface area contributed by atoms with Gasteiger partial charge in [0.15, 0.2) is 0 Å². The largest absolute Gasteiger partial charge is 1.00 e. The van der Waals surface area contributed by atoms with Crippen LogP contribution in [0.3, 0.4) is 0 Å². The summed E-state index contributed by atoms with van der Waals surface area (Å²) in [4.78, 5) is 23.4. The van der Waals surface area contributed by atoms with Gasteiger partial charge in [0.05, 0.1) is 10.1 Å². The third-order valence-corrected chi connectivity index (χ3v) is 5.41. The monoisotopic (exact) mass is 430 g/mol. The van der Waals surface area contributed by atoms with E-state index in [1.807, 2.05) is 18.7 Å². The van der Waals surface area contributed by atoms with Gasteiger partial charge in [0.25, 0.3) is 0 Å². The molecule has 9 nitrogen and oxygen atoms in total. The van der Waals surface area contributed by atoms with Crippen molar-refractivity contribution in [3.63, 3.8) is 0 Å². The van der Waals surface area contributed by atoms with E-state index in [-0.39, 0.29) is 83.4 Å². The van der Waals surface area contributed by atoms with Gasteiger partial charge in [-0.05, 0) is 49.9 Å². The molecule has 1 unspecified atom stereocenters. The number of carboxylic acids is 1. The van der Waals surface area contributed by atoms with Crippen molar-refractivity contribution in [1.29, 1.82) is 0 Å². The van der Waals surface area contributed by atoms with E-state index in [1.165, 1.54) is 12.1 Å². The predicted molar refractivity (Wildman–Crippen MR) is 91.2 cm³/mol. The average Bonchev–Trinajstić information content (AvgIpc) is 2.47. The molecule has 1 atom stereocenters. The standard InChI is InChI=1S/C16H22N2O7S.2Na/c1-16(2)8-10(9-26(23,24)25)11-6-12(17-22)14(19)7-13(11)18(16)5-3-4-15(20)21;;/h6-7,10,19H,3-5,8-9H2,1-2H3,(H,20,21)(H,23,24,25);;/q;2*+1/p-2. The Balaban J connectivity index is 0.00000364. The first-order valence-corrected chi connectivity index (χ1v) is 9.63. The molecule has 12 heteroatoms. The molecule has 144 valence electrons. The summed E-state index contributed by atoms with van der Waals surface area (Å²) in [6.45, 7) is 3.99. The zero-order valence-electron chi connectivity index (χ0n) is 16.5. The number of hydrogen-bond donors (Lipinski definition) is 1. The number of nitrogens with zero attached hydrogens (tertiary/aromatic N) is 2. The number of aromatic hydroxyl groups is 1. The first-order valence-electron chi connectivity index (χ1n) is 8.06. The maximum atomic E-state index is 11.3. The van der Waals surface area contributed by atoms with Gasteiger partial charge in [-0.1, -0.05) is 0 Å². The Kier molecular flexibility index (Phi) is 10.6. The van der Waals surface area contributed by atoms with Crippen LogP contribution in [0.25, 0.3) is 0 Å². The fourth-order valence-electron chi connectivity index (χ4n) is 3.56. The Morgan fingerprint density at radius 2 is 1.96 bits per heavy atom. The van der Waals surface area contributed by atoms with Gasteiger partial charge in [0, 0.05) is 41.5 Å². The molecule has 1 aliphatic rings. The summed E-state index contributed by atoms with van der Waals surface area (Å²) in [5.41, 5.74) is 0.0332. The number of anilines is 1. The zero-order chi connectivity index (χ0) is 19.7. The average molecular weight is 430 g/mol. The van der Waals surface area contributed by atoms with Crippen molar-refractivity contribution >= 4 is 27.5 Å². The van der Waals surface area contributed by atoms with Crippen molar-refractivity contribution < 1.29 is 87.1 Å². The van der Waals surface area contributed by atoms with Crippen LogP contribution in [-0.4, -0.2) is 41.9 Å². The van der Waals surface area contributed by atoms with Crippen LogP contribution in [0.15, 0.2) is 17.3 Å². The van der Waals surface area contributed by atoms with Crippen molar-refractivity contribution in [2.75, 3.05) is 17.2 Å². The molecule has 0 saturated carbocycles. The smallest absolute Gasteiger partial charge is 0.748 e. The second kappa shape index (κ2) is 10.7. The first-order chi connectivity index (χ1) is 11.9. The van der Waals surface area contributed by atoms with Gasteiger partial charge in [-0.2, -0.15) is 0 Å². The fourth-order valence-corrected chi connectivity index (χ4v) is 4.35. The second-order valence-electron chi connectivity index (χ2n) is 7.06. The van der Waals surface area contributed by atoms with Gasteiger partial charge in [-0.15, -0.1) is 4.91 Å². The van der Waals surface area contributed by atoms with Crippen molar-refractivity contribution in [2.45, 2.75) is 44.6 Å². The van der Waals surface area contributed by atoms with Crippen molar-refractivity contribution in [1.82, 2.24) is 0 Å². The van der Waals surface area contributed by atoms with Crippen LogP contribution in [0.5, 0.6) is 5.75 Å². The predicted octanol–water partition coefficient (Wildman–Crippen LogP) is -5.05. The van der Waals surface area contributed by atoms with Crippen LogP contribution < -0.4 is 69.1 Å². The number of carboxylic acid groups (broad SMARTS) is 1. The van der Waals surface area contributed by atoms with Crippen LogP contribution in [0.4, 0.5) is 11.4 Å². The number of benzene rings is 1. The molecule has 0 bridgehead atoms. The molecule has 0 fully saturated rings. The number of hydrogen-bond acceptors (Lipinski definition) is 9. The molecule has 0 amide bonds. The molecule has 0 radical (unpaired) electrons. The number of aliphatic carboxylic acids is 1. The molecule has 0 aromatic heterocycles. The van der Waals surface area contributed by atoms with Crippen LogP contribution >= 0.6 is 0 Å². The van der Waals surface area contributed by atoms with E-state index >= 15 is 0 Å². The van der Waals surface area contributed by atoms with Gasteiger partial charge in [0.1, 0.15) is 11.4 Å². The minimum absolute atomic E-state index is 0. The molecule has 1 heterocycles. The molecule has 1 N–H and O–H groups in total. The third-order valence-electron chi connectivity index (χ3n) is 4.60. The topological polar surface area (TPSA) is 150 Å². The van der Waals surface area contributed by atoms with Crippen molar-refractivity contribution in [3.8, 4) is 5.75 Å². The van der Waals surface area contributed by atoms with Crippen LogP contribution in [0, 0.1) is 4.91 Å². The quantitative estimate of drug-likeness (QED) is 0.257. The summed E-state index contributed by atoms with van der Waals surface area (Å²) in [6.07, 6.45) is 0.431. The number of nitroso groups, excluding NO2 is 1. The van der Waals surface area contributed by atoms with Gasteiger partial charge < -0.3 is 24.5 Å². The van der Waals surface area contributed by atoms with Gasteiger partial charge in [-0.3, -0.25) is 0 Å². The Labute approximate surface area is 208 Å². The van der Waals surface area contributed by atoms with Crippen LogP contribution in [0.2, 0.25) is 0 Å². The number of phenolic OH excluding ortho intramolecular Hbond substituents is 1. The van der Waals surface area contributed by atoms with E-state index in [4.69, 9.17) is 0 Å². The van der Waals surface area contributed by atoms with Gasteiger partial charge in [0.2, 0.25) is 0 Å².